The van der Waals surface area contributed by atoms with Gasteiger partial charge in [-0.2, -0.15) is 0 Å². The molecule has 1 aromatic rings. The van der Waals surface area contributed by atoms with Crippen molar-refractivity contribution in [3.8, 4) is 0 Å². The molecule has 1 fully saturated rings. The Morgan fingerprint density at radius 1 is 1.20 bits per heavy atom. The standard InChI is InChI=1S/C13H14FNO2.CH2F2/c14-10-5-3-9(4-6-10)13-15-11(7-16)12(17-13)8-1-2-8;2-1-3/h3-6,8,13,15-16H,1-2,7H2;1H2. The fourth-order valence-corrected chi connectivity index (χ4v) is 2.06. The Hall–Kier alpha value is -1.69. The maximum atomic E-state index is 12.8. The third kappa shape index (κ3) is 3.45. The molecule has 1 aliphatic heterocycles. The van der Waals surface area contributed by atoms with E-state index in [-0.39, 0.29) is 18.7 Å². The van der Waals surface area contributed by atoms with E-state index < -0.39 is 6.93 Å². The van der Waals surface area contributed by atoms with Crippen LogP contribution in [0.15, 0.2) is 35.7 Å². The average molecular weight is 287 g/mol. The average Bonchev–Trinajstić information content (AvgIpc) is 3.20. The van der Waals surface area contributed by atoms with Crippen molar-refractivity contribution < 1.29 is 23.0 Å². The second-order valence-electron chi connectivity index (χ2n) is 4.57. The quantitative estimate of drug-likeness (QED) is 0.898. The van der Waals surface area contributed by atoms with E-state index in [0.29, 0.717) is 5.92 Å². The van der Waals surface area contributed by atoms with Gasteiger partial charge in [-0.05, 0) is 25.0 Å². The molecule has 0 bridgehead atoms. The Balaban J connectivity index is 0.000000452. The zero-order valence-corrected chi connectivity index (χ0v) is 10.8. The highest BCUT2D eigenvalue weighted by Gasteiger charge is 2.36. The van der Waals surface area contributed by atoms with Gasteiger partial charge in [0.2, 0.25) is 6.93 Å². The largest absolute Gasteiger partial charge is 0.469 e. The summed E-state index contributed by atoms with van der Waals surface area (Å²) in [5, 5.41) is 12.4. The summed E-state index contributed by atoms with van der Waals surface area (Å²) >= 11 is 0. The highest BCUT2D eigenvalue weighted by molar-refractivity contribution is 5.26. The van der Waals surface area contributed by atoms with Crippen molar-refractivity contribution in [2.45, 2.75) is 19.1 Å². The molecule has 6 heteroatoms. The summed E-state index contributed by atoms with van der Waals surface area (Å²) in [7, 11) is 0. The molecule has 2 aliphatic rings. The first kappa shape index (κ1) is 14.7. The zero-order valence-electron chi connectivity index (χ0n) is 10.8. The van der Waals surface area contributed by atoms with Crippen LogP contribution in [0.3, 0.4) is 0 Å². The Morgan fingerprint density at radius 2 is 1.80 bits per heavy atom. The molecule has 0 spiro atoms. The zero-order chi connectivity index (χ0) is 14.5. The SMILES string of the molecule is FCF.OCC1=C(C2CC2)OC(c2ccc(F)cc2)N1. The van der Waals surface area contributed by atoms with E-state index in [9.17, 15) is 18.3 Å². The minimum atomic E-state index is -1.75. The van der Waals surface area contributed by atoms with Gasteiger partial charge in [-0.3, -0.25) is 0 Å². The molecular weight excluding hydrogens is 271 g/mol. The van der Waals surface area contributed by atoms with Crippen LogP contribution in [0.1, 0.15) is 24.6 Å². The molecule has 0 saturated heterocycles. The Bertz CT molecular complexity index is 472. The molecule has 1 saturated carbocycles. The van der Waals surface area contributed by atoms with Gasteiger partial charge in [-0.1, -0.05) is 12.1 Å². The van der Waals surface area contributed by atoms with Crippen LogP contribution in [0.25, 0.3) is 0 Å². The molecule has 1 unspecified atom stereocenters. The third-order valence-electron chi connectivity index (χ3n) is 3.13. The van der Waals surface area contributed by atoms with E-state index in [4.69, 9.17) is 4.74 Å². The first-order valence-corrected chi connectivity index (χ1v) is 6.34. The van der Waals surface area contributed by atoms with Crippen LogP contribution >= 0.6 is 0 Å². The Kier molecular flexibility index (Phi) is 4.89. The normalized spacial score (nSPS) is 20.9. The van der Waals surface area contributed by atoms with Gasteiger partial charge in [0.15, 0.2) is 6.23 Å². The maximum absolute atomic E-state index is 12.8. The van der Waals surface area contributed by atoms with Crippen molar-refractivity contribution >= 4 is 0 Å². The summed E-state index contributed by atoms with van der Waals surface area (Å²) in [5.74, 6) is 1.07. The fourth-order valence-electron chi connectivity index (χ4n) is 2.06. The minimum Gasteiger partial charge on any atom is -0.469 e. The molecule has 110 valence electrons. The molecule has 3 nitrogen and oxygen atoms in total. The van der Waals surface area contributed by atoms with Gasteiger partial charge in [0, 0.05) is 11.5 Å². The van der Waals surface area contributed by atoms with Gasteiger partial charge < -0.3 is 15.2 Å². The predicted molar refractivity (Wildman–Crippen MR) is 67.3 cm³/mol. The van der Waals surface area contributed by atoms with Crippen molar-refractivity contribution in [1.82, 2.24) is 5.32 Å². The second-order valence-corrected chi connectivity index (χ2v) is 4.57. The number of halogens is 3. The van der Waals surface area contributed by atoms with Gasteiger partial charge in [0.25, 0.3) is 0 Å². The molecule has 1 aliphatic carbocycles. The molecule has 0 radical (unpaired) electrons. The lowest BCUT2D eigenvalue weighted by Crippen LogP contribution is -2.17. The number of rotatable bonds is 3. The lowest BCUT2D eigenvalue weighted by atomic mass is 10.2. The van der Waals surface area contributed by atoms with E-state index in [1.54, 1.807) is 12.1 Å². The molecule has 20 heavy (non-hydrogen) atoms. The minimum absolute atomic E-state index is 0.0382. The molecule has 2 N–H and O–H groups in total. The third-order valence-corrected chi connectivity index (χ3v) is 3.13. The highest BCUT2D eigenvalue weighted by atomic mass is 19.3. The number of aliphatic hydroxyl groups excluding tert-OH is 1. The molecular formula is C14H16F3NO2. The van der Waals surface area contributed by atoms with Crippen LogP contribution in [0.2, 0.25) is 0 Å². The molecule has 1 atom stereocenters. The van der Waals surface area contributed by atoms with Crippen molar-refractivity contribution in [2.75, 3.05) is 13.5 Å². The van der Waals surface area contributed by atoms with Gasteiger partial charge >= 0.3 is 0 Å². The molecule has 0 aromatic heterocycles. The van der Waals surface area contributed by atoms with Crippen molar-refractivity contribution in [2.24, 2.45) is 5.92 Å². The van der Waals surface area contributed by atoms with Crippen LogP contribution in [0.5, 0.6) is 0 Å². The predicted octanol–water partition coefficient (Wildman–Crippen LogP) is 2.94. The number of benzene rings is 1. The lowest BCUT2D eigenvalue weighted by molar-refractivity contribution is 0.119. The Morgan fingerprint density at radius 3 is 2.30 bits per heavy atom. The molecule has 1 heterocycles. The summed E-state index contributed by atoms with van der Waals surface area (Å²) in [6.07, 6.45) is 1.95. The second kappa shape index (κ2) is 6.65. The van der Waals surface area contributed by atoms with Crippen LogP contribution in [0, 0.1) is 11.7 Å². The molecule has 3 rings (SSSR count). The fraction of sp³-hybridized carbons (Fsp3) is 0.429. The summed E-state index contributed by atoms with van der Waals surface area (Å²) in [5.41, 5.74) is 1.63. The first-order valence-electron chi connectivity index (χ1n) is 6.34. The van der Waals surface area contributed by atoms with Crippen LogP contribution in [-0.2, 0) is 4.74 Å². The van der Waals surface area contributed by atoms with Gasteiger partial charge in [-0.25, -0.2) is 13.2 Å². The summed E-state index contributed by atoms with van der Waals surface area (Å²) < 4.78 is 37.9. The van der Waals surface area contributed by atoms with Crippen LogP contribution in [0.4, 0.5) is 13.2 Å². The number of hydrogen-bond acceptors (Lipinski definition) is 3. The monoisotopic (exact) mass is 287 g/mol. The van der Waals surface area contributed by atoms with Crippen molar-refractivity contribution in [3.05, 3.63) is 47.1 Å². The summed E-state index contributed by atoms with van der Waals surface area (Å²) in [4.78, 5) is 0. The van der Waals surface area contributed by atoms with E-state index in [1.807, 2.05) is 0 Å². The van der Waals surface area contributed by atoms with Gasteiger partial charge in [0.05, 0.1) is 12.3 Å². The topological polar surface area (TPSA) is 41.5 Å². The smallest absolute Gasteiger partial charge is 0.229 e. The number of aliphatic hydroxyl groups is 1. The van der Waals surface area contributed by atoms with Gasteiger partial charge in [0.1, 0.15) is 11.6 Å². The number of alkyl halides is 2. The van der Waals surface area contributed by atoms with E-state index in [1.165, 1.54) is 12.1 Å². The molecule has 1 aromatic carbocycles. The number of nitrogens with one attached hydrogen (secondary N) is 1. The van der Waals surface area contributed by atoms with E-state index >= 15 is 0 Å². The van der Waals surface area contributed by atoms with Gasteiger partial charge in [-0.15, -0.1) is 0 Å². The number of allylic oxidation sites excluding steroid dienone is 1. The van der Waals surface area contributed by atoms with E-state index in [2.05, 4.69) is 5.32 Å². The maximum Gasteiger partial charge on any atom is 0.229 e. The van der Waals surface area contributed by atoms with E-state index in [0.717, 1.165) is 29.9 Å². The van der Waals surface area contributed by atoms with Crippen molar-refractivity contribution in [3.63, 3.8) is 0 Å². The number of hydrogen-bond donors (Lipinski definition) is 2. The number of ether oxygens (including phenoxy) is 1. The van der Waals surface area contributed by atoms with Crippen LogP contribution in [-0.4, -0.2) is 18.6 Å². The van der Waals surface area contributed by atoms with Crippen molar-refractivity contribution in [1.29, 1.82) is 0 Å². The van der Waals surface area contributed by atoms with Crippen LogP contribution < -0.4 is 5.32 Å². The Labute approximate surface area is 115 Å². The molecule has 0 amide bonds. The summed E-state index contributed by atoms with van der Waals surface area (Å²) in [6, 6.07) is 6.21. The highest BCUT2D eigenvalue weighted by Crippen LogP contribution is 2.43. The first-order chi connectivity index (χ1) is 9.69. The lowest BCUT2D eigenvalue weighted by Gasteiger charge is -2.13. The summed E-state index contributed by atoms with van der Waals surface area (Å²) in [6.45, 7) is -1.79.